The van der Waals surface area contributed by atoms with E-state index in [2.05, 4.69) is 4.98 Å². The van der Waals surface area contributed by atoms with Crippen LogP contribution < -0.4 is 0 Å². The second-order valence-electron chi connectivity index (χ2n) is 4.85. The highest BCUT2D eigenvalue weighted by Gasteiger charge is 2.27. The number of aromatic carboxylic acids is 1. The summed E-state index contributed by atoms with van der Waals surface area (Å²) < 4.78 is 14.7. The second kappa shape index (κ2) is 4.72. The SMILES string of the molecule is O=C(O)c1nc(-c2ccc(F)cc2)n2c1CCC(O)C2. The van der Waals surface area contributed by atoms with Crippen molar-refractivity contribution in [2.75, 3.05) is 0 Å². The van der Waals surface area contributed by atoms with Gasteiger partial charge in [0.1, 0.15) is 11.6 Å². The average molecular weight is 276 g/mol. The minimum absolute atomic E-state index is 0.0104. The van der Waals surface area contributed by atoms with Crippen LogP contribution in [-0.4, -0.2) is 31.8 Å². The lowest BCUT2D eigenvalue weighted by molar-refractivity contribution is 0.0686. The fourth-order valence-electron chi connectivity index (χ4n) is 2.53. The third kappa shape index (κ3) is 2.08. The molecule has 0 bridgehead atoms. The van der Waals surface area contributed by atoms with Gasteiger partial charge in [0.25, 0.3) is 0 Å². The zero-order chi connectivity index (χ0) is 14.3. The van der Waals surface area contributed by atoms with E-state index in [1.807, 2.05) is 0 Å². The third-order valence-electron chi connectivity index (χ3n) is 3.49. The molecule has 2 N–H and O–H groups in total. The Balaban J connectivity index is 2.15. The van der Waals surface area contributed by atoms with Crippen molar-refractivity contribution in [3.05, 3.63) is 41.5 Å². The van der Waals surface area contributed by atoms with E-state index >= 15 is 0 Å². The first-order chi connectivity index (χ1) is 9.56. The van der Waals surface area contributed by atoms with Crippen molar-refractivity contribution < 1.29 is 19.4 Å². The Kier molecular flexibility index (Phi) is 3.02. The van der Waals surface area contributed by atoms with Gasteiger partial charge >= 0.3 is 5.97 Å². The molecule has 2 aromatic rings. The lowest BCUT2D eigenvalue weighted by atomic mass is 10.1. The second-order valence-corrected chi connectivity index (χ2v) is 4.85. The standard InChI is InChI=1S/C14H13FN2O3/c15-9-3-1-8(2-4-9)13-16-12(14(19)20)11-6-5-10(18)7-17(11)13/h1-4,10,18H,5-7H2,(H,19,20). The van der Waals surface area contributed by atoms with Gasteiger partial charge in [-0.3, -0.25) is 0 Å². The largest absolute Gasteiger partial charge is 0.476 e. The molecule has 0 saturated carbocycles. The van der Waals surface area contributed by atoms with Crippen molar-refractivity contribution in [1.29, 1.82) is 0 Å². The number of carboxylic acids is 1. The Morgan fingerprint density at radius 2 is 2.05 bits per heavy atom. The van der Waals surface area contributed by atoms with Gasteiger partial charge < -0.3 is 14.8 Å². The number of hydrogen-bond donors (Lipinski definition) is 2. The summed E-state index contributed by atoms with van der Waals surface area (Å²) in [6.07, 6.45) is 0.476. The van der Waals surface area contributed by atoms with Crippen molar-refractivity contribution in [3.63, 3.8) is 0 Å². The molecule has 6 heteroatoms. The van der Waals surface area contributed by atoms with Gasteiger partial charge in [-0.2, -0.15) is 0 Å². The van der Waals surface area contributed by atoms with Crippen LogP contribution in [0.3, 0.4) is 0 Å². The van der Waals surface area contributed by atoms with E-state index in [1.54, 1.807) is 16.7 Å². The molecule has 0 aliphatic carbocycles. The van der Waals surface area contributed by atoms with E-state index < -0.39 is 12.1 Å². The van der Waals surface area contributed by atoms with Crippen molar-refractivity contribution in [1.82, 2.24) is 9.55 Å². The summed E-state index contributed by atoms with van der Waals surface area (Å²) in [5.41, 5.74) is 1.26. The Hall–Kier alpha value is -2.21. The lowest BCUT2D eigenvalue weighted by Gasteiger charge is -2.21. The van der Waals surface area contributed by atoms with Crippen molar-refractivity contribution >= 4 is 5.97 Å². The summed E-state index contributed by atoms with van der Waals surface area (Å²) in [6.45, 7) is 0.308. The van der Waals surface area contributed by atoms with Gasteiger partial charge in [0.15, 0.2) is 5.69 Å². The maximum absolute atomic E-state index is 13.0. The average Bonchev–Trinajstić information content (AvgIpc) is 2.78. The van der Waals surface area contributed by atoms with Crippen LogP contribution in [0.1, 0.15) is 22.6 Å². The normalized spacial score (nSPS) is 17.8. The van der Waals surface area contributed by atoms with Crippen LogP contribution >= 0.6 is 0 Å². The number of fused-ring (bicyclic) bond motifs is 1. The zero-order valence-corrected chi connectivity index (χ0v) is 10.6. The van der Waals surface area contributed by atoms with Crippen LogP contribution in [-0.2, 0) is 13.0 Å². The Labute approximate surface area is 114 Å². The number of hydrogen-bond acceptors (Lipinski definition) is 3. The fraction of sp³-hybridized carbons (Fsp3) is 0.286. The summed E-state index contributed by atoms with van der Waals surface area (Å²) >= 11 is 0. The quantitative estimate of drug-likeness (QED) is 0.875. The van der Waals surface area contributed by atoms with Gasteiger partial charge in [0.2, 0.25) is 0 Å². The molecule has 0 spiro atoms. The molecule has 2 heterocycles. The topological polar surface area (TPSA) is 75.3 Å². The number of aliphatic hydroxyl groups is 1. The monoisotopic (exact) mass is 276 g/mol. The van der Waals surface area contributed by atoms with Crippen LogP contribution in [0.5, 0.6) is 0 Å². The number of aliphatic hydroxyl groups excluding tert-OH is 1. The number of carbonyl (C=O) groups is 1. The van der Waals surface area contributed by atoms with E-state index in [1.165, 1.54) is 12.1 Å². The smallest absolute Gasteiger partial charge is 0.356 e. The number of rotatable bonds is 2. The van der Waals surface area contributed by atoms with Gasteiger partial charge in [0, 0.05) is 5.56 Å². The molecule has 1 aromatic heterocycles. The van der Waals surface area contributed by atoms with Gasteiger partial charge in [-0.1, -0.05) is 0 Å². The molecule has 0 saturated heterocycles. The Morgan fingerprint density at radius 3 is 2.70 bits per heavy atom. The molecular formula is C14H13FN2O3. The van der Waals surface area contributed by atoms with Gasteiger partial charge in [0.05, 0.1) is 18.3 Å². The molecule has 1 aromatic carbocycles. The number of nitrogens with zero attached hydrogens (tertiary/aromatic N) is 2. The molecule has 1 aliphatic rings. The van der Waals surface area contributed by atoms with E-state index in [0.29, 0.717) is 36.5 Å². The number of imidazole rings is 1. The first-order valence-corrected chi connectivity index (χ1v) is 6.33. The molecule has 3 rings (SSSR count). The lowest BCUT2D eigenvalue weighted by Crippen LogP contribution is -2.25. The summed E-state index contributed by atoms with van der Waals surface area (Å²) in [6, 6.07) is 5.71. The van der Waals surface area contributed by atoms with Crippen LogP contribution in [0.25, 0.3) is 11.4 Å². The molecular weight excluding hydrogens is 263 g/mol. The third-order valence-corrected chi connectivity index (χ3v) is 3.49. The maximum atomic E-state index is 13.0. The highest BCUT2D eigenvalue weighted by atomic mass is 19.1. The van der Waals surface area contributed by atoms with Gasteiger partial charge in [-0.25, -0.2) is 14.2 Å². The van der Waals surface area contributed by atoms with E-state index in [9.17, 15) is 19.4 Å². The predicted molar refractivity (Wildman–Crippen MR) is 68.9 cm³/mol. The summed E-state index contributed by atoms with van der Waals surface area (Å²) in [4.78, 5) is 15.4. The maximum Gasteiger partial charge on any atom is 0.356 e. The number of halogens is 1. The minimum atomic E-state index is -1.08. The highest BCUT2D eigenvalue weighted by molar-refractivity contribution is 5.88. The van der Waals surface area contributed by atoms with E-state index in [0.717, 1.165) is 0 Å². The van der Waals surface area contributed by atoms with Crippen molar-refractivity contribution in [3.8, 4) is 11.4 Å². The first-order valence-electron chi connectivity index (χ1n) is 6.33. The molecule has 0 fully saturated rings. The molecule has 0 radical (unpaired) electrons. The molecule has 0 amide bonds. The highest BCUT2D eigenvalue weighted by Crippen LogP contribution is 2.27. The number of carboxylic acid groups (broad SMARTS) is 1. The summed E-state index contributed by atoms with van der Waals surface area (Å²) in [5, 5.41) is 19.0. The van der Waals surface area contributed by atoms with Crippen LogP contribution in [0, 0.1) is 5.82 Å². The Bertz CT molecular complexity index is 664. The van der Waals surface area contributed by atoms with Gasteiger partial charge in [-0.05, 0) is 37.1 Å². The zero-order valence-electron chi connectivity index (χ0n) is 10.6. The first kappa shape index (κ1) is 12.8. The number of benzene rings is 1. The molecule has 1 unspecified atom stereocenters. The Morgan fingerprint density at radius 1 is 1.35 bits per heavy atom. The van der Waals surface area contributed by atoms with Gasteiger partial charge in [-0.15, -0.1) is 0 Å². The molecule has 1 aliphatic heterocycles. The summed E-state index contributed by atoms with van der Waals surface area (Å²) in [7, 11) is 0. The van der Waals surface area contributed by atoms with Crippen LogP contribution in [0.15, 0.2) is 24.3 Å². The molecule has 104 valence electrons. The predicted octanol–water partition coefficient (Wildman–Crippen LogP) is 1.69. The van der Waals surface area contributed by atoms with E-state index in [4.69, 9.17) is 0 Å². The van der Waals surface area contributed by atoms with E-state index in [-0.39, 0.29) is 11.5 Å². The fourth-order valence-corrected chi connectivity index (χ4v) is 2.53. The van der Waals surface area contributed by atoms with Crippen molar-refractivity contribution in [2.24, 2.45) is 0 Å². The summed E-state index contributed by atoms with van der Waals surface area (Å²) in [5.74, 6) is -0.993. The van der Waals surface area contributed by atoms with Crippen LogP contribution in [0.4, 0.5) is 4.39 Å². The molecule has 5 nitrogen and oxygen atoms in total. The van der Waals surface area contributed by atoms with Crippen LogP contribution in [0.2, 0.25) is 0 Å². The van der Waals surface area contributed by atoms with Crippen molar-refractivity contribution in [2.45, 2.75) is 25.5 Å². The minimum Gasteiger partial charge on any atom is -0.476 e. The molecule has 20 heavy (non-hydrogen) atoms. The number of aromatic nitrogens is 2. The molecule has 1 atom stereocenters.